The lowest BCUT2D eigenvalue weighted by molar-refractivity contribution is 0.170. The van der Waals surface area contributed by atoms with Gasteiger partial charge >= 0.3 is 0 Å². The van der Waals surface area contributed by atoms with Crippen molar-refractivity contribution >= 4 is 0 Å². The Morgan fingerprint density at radius 3 is 2.93 bits per heavy atom. The molecule has 5 heteroatoms. The van der Waals surface area contributed by atoms with Crippen molar-refractivity contribution in [2.24, 2.45) is 5.73 Å². The van der Waals surface area contributed by atoms with Gasteiger partial charge in [0.05, 0.1) is 0 Å². The monoisotopic (exact) mass is 212 g/mol. The van der Waals surface area contributed by atoms with Gasteiger partial charge in [0.1, 0.15) is 12.2 Å². The molecule has 86 valence electrons. The van der Waals surface area contributed by atoms with Crippen LogP contribution in [-0.2, 0) is 17.7 Å². The SMILES string of the molecule is CCn1ncnc1CC(C)(N)CCOC. The molecule has 1 aromatic rings. The number of methoxy groups -OCH3 is 1. The maximum atomic E-state index is 6.16. The Labute approximate surface area is 90.6 Å². The standard InChI is InChI=1S/C10H20N4O/c1-4-14-9(12-8-13-14)7-10(2,11)5-6-15-3/h8H,4-7,11H2,1-3H3. The first-order chi connectivity index (χ1) is 7.09. The van der Waals surface area contributed by atoms with Crippen molar-refractivity contribution in [1.29, 1.82) is 0 Å². The van der Waals surface area contributed by atoms with Gasteiger partial charge in [0.15, 0.2) is 0 Å². The van der Waals surface area contributed by atoms with E-state index in [1.165, 1.54) is 0 Å². The maximum absolute atomic E-state index is 6.16. The highest BCUT2D eigenvalue weighted by atomic mass is 16.5. The Morgan fingerprint density at radius 1 is 1.60 bits per heavy atom. The van der Waals surface area contributed by atoms with Gasteiger partial charge in [-0.3, -0.25) is 4.68 Å². The van der Waals surface area contributed by atoms with E-state index in [0.717, 1.165) is 25.2 Å². The molecule has 1 rings (SSSR count). The van der Waals surface area contributed by atoms with Crippen LogP contribution >= 0.6 is 0 Å². The predicted octanol–water partition coefficient (Wildman–Crippen LogP) is 0.594. The summed E-state index contributed by atoms with van der Waals surface area (Å²) in [5.74, 6) is 0.943. The Bertz CT molecular complexity index is 295. The van der Waals surface area contributed by atoms with Crippen molar-refractivity contribution in [2.75, 3.05) is 13.7 Å². The van der Waals surface area contributed by atoms with Gasteiger partial charge < -0.3 is 10.5 Å². The summed E-state index contributed by atoms with van der Waals surface area (Å²) in [7, 11) is 1.69. The average Bonchev–Trinajstić information content (AvgIpc) is 2.61. The van der Waals surface area contributed by atoms with Crippen molar-refractivity contribution in [2.45, 2.75) is 38.8 Å². The van der Waals surface area contributed by atoms with Crippen LogP contribution in [-0.4, -0.2) is 34.0 Å². The summed E-state index contributed by atoms with van der Waals surface area (Å²) in [6, 6.07) is 0. The number of hydrogen-bond acceptors (Lipinski definition) is 4. The topological polar surface area (TPSA) is 66.0 Å². The van der Waals surface area contributed by atoms with Gasteiger partial charge in [0, 0.05) is 32.2 Å². The Kier molecular flexibility index (Phi) is 4.23. The van der Waals surface area contributed by atoms with Gasteiger partial charge in [-0.1, -0.05) is 0 Å². The zero-order valence-electron chi connectivity index (χ0n) is 9.73. The number of rotatable bonds is 6. The summed E-state index contributed by atoms with van der Waals surface area (Å²) in [4.78, 5) is 4.21. The van der Waals surface area contributed by atoms with Gasteiger partial charge in [-0.15, -0.1) is 0 Å². The molecule has 15 heavy (non-hydrogen) atoms. The first kappa shape index (κ1) is 12.1. The molecule has 1 atom stereocenters. The van der Waals surface area contributed by atoms with E-state index in [1.54, 1.807) is 13.4 Å². The van der Waals surface area contributed by atoms with Crippen molar-refractivity contribution in [3.63, 3.8) is 0 Å². The molecule has 0 aliphatic rings. The van der Waals surface area contributed by atoms with E-state index in [9.17, 15) is 0 Å². The molecule has 0 aromatic carbocycles. The summed E-state index contributed by atoms with van der Waals surface area (Å²) in [6.45, 7) is 5.56. The number of nitrogens with zero attached hydrogens (tertiary/aromatic N) is 3. The zero-order chi connectivity index (χ0) is 11.3. The van der Waals surface area contributed by atoms with Crippen molar-refractivity contribution < 1.29 is 4.74 Å². The van der Waals surface area contributed by atoms with Gasteiger partial charge in [-0.05, 0) is 20.3 Å². The molecular weight excluding hydrogens is 192 g/mol. The third-order valence-corrected chi connectivity index (χ3v) is 2.43. The lowest BCUT2D eigenvalue weighted by atomic mass is 9.95. The van der Waals surface area contributed by atoms with Crippen molar-refractivity contribution in [1.82, 2.24) is 14.8 Å². The Balaban J connectivity index is 2.59. The first-order valence-corrected chi connectivity index (χ1v) is 5.23. The number of aryl methyl sites for hydroxylation is 1. The molecule has 2 N–H and O–H groups in total. The molecule has 1 aromatic heterocycles. The van der Waals surface area contributed by atoms with Crippen LogP contribution in [0.25, 0.3) is 0 Å². The molecule has 0 saturated heterocycles. The minimum Gasteiger partial charge on any atom is -0.385 e. The molecule has 0 bridgehead atoms. The van der Waals surface area contributed by atoms with Crippen LogP contribution in [0.15, 0.2) is 6.33 Å². The largest absolute Gasteiger partial charge is 0.385 e. The Morgan fingerprint density at radius 2 is 2.33 bits per heavy atom. The molecule has 0 amide bonds. The average molecular weight is 212 g/mol. The molecule has 0 saturated carbocycles. The third kappa shape index (κ3) is 3.60. The molecule has 0 aliphatic heterocycles. The molecule has 0 aliphatic carbocycles. The van der Waals surface area contributed by atoms with E-state index in [-0.39, 0.29) is 5.54 Å². The lowest BCUT2D eigenvalue weighted by Crippen LogP contribution is -2.40. The zero-order valence-corrected chi connectivity index (χ0v) is 9.73. The summed E-state index contributed by atoms with van der Waals surface area (Å²) >= 11 is 0. The normalized spacial score (nSPS) is 15.2. The van der Waals surface area contributed by atoms with Crippen LogP contribution in [0, 0.1) is 0 Å². The Hall–Kier alpha value is -0.940. The summed E-state index contributed by atoms with van der Waals surface area (Å²) in [5, 5.41) is 4.12. The first-order valence-electron chi connectivity index (χ1n) is 5.23. The smallest absolute Gasteiger partial charge is 0.138 e. The van der Waals surface area contributed by atoms with Crippen LogP contribution in [0.2, 0.25) is 0 Å². The fourth-order valence-electron chi connectivity index (χ4n) is 1.47. The van der Waals surface area contributed by atoms with Crippen LogP contribution in [0.5, 0.6) is 0 Å². The van der Waals surface area contributed by atoms with Crippen molar-refractivity contribution in [3.8, 4) is 0 Å². The number of nitrogens with two attached hydrogens (primary N) is 1. The third-order valence-electron chi connectivity index (χ3n) is 2.43. The van der Waals surface area contributed by atoms with Gasteiger partial charge in [0.25, 0.3) is 0 Å². The fourth-order valence-corrected chi connectivity index (χ4v) is 1.47. The molecule has 0 fully saturated rings. The summed E-state index contributed by atoms with van der Waals surface area (Å²) in [6.07, 6.45) is 3.12. The highest BCUT2D eigenvalue weighted by molar-refractivity contribution is 4.95. The second kappa shape index (κ2) is 5.23. The van der Waals surface area contributed by atoms with E-state index in [4.69, 9.17) is 10.5 Å². The van der Waals surface area contributed by atoms with Gasteiger partial charge in [-0.2, -0.15) is 5.10 Å². The molecule has 1 unspecified atom stereocenters. The molecule has 0 spiro atoms. The second-order valence-electron chi connectivity index (χ2n) is 4.07. The quantitative estimate of drug-likeness (QED) is 0.749. The number of hydrogen-bond donors (Lipinski definition) is 1. The lowest BCUT2D eigenvalue weighted by Gasteiger charge is -2.23. The molecule has 0 radical (unpaired) electrons. The van der Waals surface area contributed by atoms with Crippen LogP contribution in [0.4, 0.5) is 0 Å². The highest BCUT2D eigenvalue weighted by Gasteiger charge is 2.21. The van der Waals surface area contributed by atoms with Gasteiger partial charge in [-0.25, -0.2) is 4.98 Å². The van der Waals surface area contributed by atoms with Crippen LogP contribution < -0.4 is 5.73 Å². The number of ether oxygens (including phenoxy) is 1. The van der Waals surface area contributed by atoms with E-state index in [2.05, 4.69) is 10.1 Å². The van der Waals surface area contributed by atoms with Gasteiger partial charge in [0.2, 0.25) is 0 Å². The minimum absolute atomic E-state index is 0.282. The van der Waals surface area contributed by atoms with E-state index in [1.807, 2.05) is 18.5 Å². The second-order valence-corrected chi connectivity index (χ2v) is 4.07. The van der Waals surface area contributed by atoms with E-state index >= 15 is 0 Å². The number of aromatic nitrogens is 3. The van der Waals surface area contributed by atoms with E-state index < -0.39 is 0 Å². The molecular formula is C10H20N4O. The summed E-state index contributed by atoms with van der Waals surface area (Å²) in [5.41, 5.74) is 5.87. The maximum Gasteiger partial charge on any atom is 0.138 e. The summed E-state index contributed by atoms with van der Waals surface area (Å²) < 4.78 is 6.90. The van der Waals surface area contributed by atoms with Crippen LogP contribution in [0.3, 0.4) is 0 Å². The highest BCUT2D eigenvalue weighted by Crippen LogP contribution is 2.12. The minimum atomic E-state index is -0.282. The predicted molar refractivity (Wildman–Crippen MR) is 58.5 cm³/mol. The fraction of sp³-hybridized carbons (Fsp3) is 0.800. The molecule has 5 nitrogen and oxygen atoms in total. The van der Waals surface area contributed by atoms with Crippen molar-refractivity contribution in [3.05, 3.63) is 12.2 Å². The van der Waals surface area contributed by atoms with E-state index in [0.29, 0.717) is 6.61 Å². The van der Waals surface area contributed by atoms with Crippen LogP contribution in [0.1, 0.15) is 26.1 Å². The molecule has 1 heterocycles.